The molecule has 0 atom stereocenters. The molecule has 7 heteroatoms. The molecule has 0 saturated heterocycles. The molecule has 6 nitrogen and oxygen atoms in total. The minimum Gasteiger partial charge on any atom is -0.504 e. The van der Waals surface area contributed by atoms with Crippen LogP contribution in [-0.2, 0) is 14.3 Å². The SMILES string of the molecule is CCOc1cccc(/C=C2\C(=O)N(c3ccc(F)cc3)C(C)=C2C(=O)OC)c1O. The van der Waals surface area contributed by atoms with E-state index in [9.17, 15) is 19.1 Å². The summed E-state index contributed by atoms with van der Waals surface area (Å²) in [5.74, 6) is -1.49. The molecular formula is C22H20FNO5. The number of allylic oxidation sites excluding steroid dienone is 1. The lowest BCUT2D eigenvalue weighted by atomic mass is 10.0. The van der Waals surface area contributed by atoms with Gasteiger partial charge in [0, 0.05) is 16.9 Å². The van der Waals surface area contributed by atoms with Gasteiger partial charge in [0.25, 0.3) is 5.91 Å². The van der Waals surface area contributed by atoms with Crippen LogP contribution in [0.5, 0.6) is 11.5 Å². The van der Waals surface area contributed by atoms with Gasteiger partial charge >= 0.3 is 5.97 Å². The summed E-state index contributed by atoms with van der Waals surface area (Å²) < 4.78 is 23.5. The second kappa shape index (κ2) is 8.18. The van der Waals surface area contributed by atoms with Crippen LogP contribution in [0, 0.1) is 5.82 Å². The molecule has 3 rings (SSSR count). The van der Waals surface area contributed by atoms with Crippen molar-refractivity contribution in [2.75, 3.05) is 18.6 Å². The fraction of sp³-hybridized carbons (Fsp3) is 0.182. The van der Waals surface area contributed by atoms with Crippen molar-refractivity contribution in [3.8, 4) is 11.5 Å². The largest absolute Gasteiger partial charge is 0.504 e. The fourth-order valence-corrected chi connectivity index (χ4v) is 3.16. The van der Waals surface area contributed by atoms with Crippen LogP contribution in [0.2, 0.25) is 0 Å². The molecule has 0 bridgehead atoms. The van der Waals surface area contributed by atoms with Crippen LogP contribution < -0.4 is 9.64 Å². The standard InChI is InChI=1S/C22H20FNO5/c1-4-29-18-7-5-6-14(20(18)25)12-17-19(22(27)28-3)13(2)24(21(17)26)16-10-8-15(23)9-11-16/h5-12,25H,4H2,1-3H3/b17-12-. The third-order valence-corrected chi connectivity index (χ3v) is 4.50. The van der Waals surface area contributed by atoms with E-state index in [-0.39, 0.29) is 22.6 Å². The monoisotopic (exact) mass is 397 g/mol. The van der Waals surface area contributed by atoms with Crippen molar-refractivity contribution in [2.24, 2.45) is 0 Å². The van der Waals surface area contributed by atoms with E-state index in [4.69, 9.17) is 9.47 Å². The molecule has 2 aromatic carbocycles. The van der Waals surface area contributed by atoms with Crippen LogP contribution in [0.15, 0.2) is 59.3 Å². The highest BCUT2D eigenvalue weighted by Crippen LogP contribution is 2.38. The van der Waals surface area contributed by atoms with Crippen molar-refractivity contribution in [1.82, 2.24) is 0 Å². The molecule has 1 amide bonds. The number of methoxy groups -OCH3 is 1. The van der Waals surface area contributed by atoms with Gasteiger partial charge in [-0.05, 0) is 50.3 Å². The van der Waals surface area contributed by atoms with Crippen LogP contribution in [0.4, 0.5) is 10.1 Å². The average molecular weight is 397 g/mol. The molecule has 29 heavy (non-hydrogen) atoms. The number of benzene rings is 2. The van der Waals surface area contributed by atoms with Crippen LogP contribution in [0.25, 0.3) is 6.08 Å². The molecule has 1 N–H and O–H groups in total. The Kier molecular flexibility index (Phi) is 5.68. The number of carbonyl (C=O) groups excluding carboxylic acids is 2. The molecule has 0 fully saturated rings. The molecule has 0 unspecified atom stereocenters. The zero-order chi connectivity index (χ0) is 21.1. The van der Waals surface area contributed by atoms with Gasteiger partial charge in [-0.15, -0.1) is 0 Å². The molecule has 1 aliphatic rings. The number of esters is 1. The maximum atomic E-state index is 13.3. The Morgan fingerprint density at radius 1 is 1.21 bits per heavy atom. The van der Waals surface area contributed by atoms with Gasteiger partial charge in [-0.1, -0.05) is 12.1 Å². The predicted octanol–water partition coefficient (Wildman–Crippen LogP) is 3.81. The summed E-state index contributed by atoms with van der Waals surface area (Å²) in [7, 11) is 1.22. The number of phenols is 1. The number of aromatic hydroxyl groups is 1. The van der Waals surface area contributed by atoms with Gasteiger partial charge in [0.2, 0.25) is 0 Å². The minimum atomic E-state index is -0.688. The van der Waals surface area contributed by atoms with Gasteiger partial charge in [0.15, 0.2) is 11.5 Å². The summed E-state index contributed by atoms with van der Waals surface area (Å²) in [6.07, 6.45) is 1.42. The van der Waals surface area contributed by atoms with Crippen LogP contribution >= 0.6 is 0 Å². The summed E-state index contributed by atoms with van der Waals surface area (Å²) >= 11 is 0. The summed E-state index contributed by atoms with van der Waals surface area (Å²) in [6.45, 7) is 3.75. The van der Waals surface area contributed by atoms with Gasteiger partial charge in [0.1, 0.15) is 5.82 Å². The highest BCUT2D eigenvalue weighted by atomic mass is 19.1. The topological polar surface area (TPSA) is 76.1 Å². The van der Waals surface area contributed by atoms with E-state index in [0.717, 1.165) is 0 Å². The number of halogens is 1. The smallest absolute Gasteiger partial charge is 0.340 e. The first-order chi connectivity index (χ1) is 13.9. The van der Waals surface area contributed by atoms with E-state index in [2.05, 4.69) is 0 Å². The second-order valence-electron chi connectivity index (χ2n) is 6.25. The number of nitrogens with zero attached hydrogens (tertiary/aromatic N) is 1. The molecule has 2 aromatic rings. The summed E-state index contributed by atoms with van der Waals surface area (Å²) in [5, 5.41) is 10.5. The number of rotatable bonds is 5. The predicted molar refractivity (Wildman–Crippen MR) is 106 cm³/mol. The molecule has 1 heterocycles. The Bertz CT molecular complexity index is 1020. The Hall–Kier alpha value is -3.61. The molecule has 1 aliphatic heterocycles. The van der Waals surface area contributed by atoms with Gasteiger partial charge < -0.3 is 14.6 Å². The molecule has 150 valence electrons. The Labute approximate surface area is 167 Å². The van der Waals surface area contributed by atoms with E-state index >= 15 is 0 Å². The second-order valence-corrected chi connectivity index (χ2v) is 6.25. The highest BCUT2D eigenvalue weighted by molar-refractivity contribution is 6.23. The van der Waals surface area contributed by atoms with Gasteiger partial charge in [0.05, 0.1) is 24.9 Å². The zero-order valence-corrected chi connectivity index (χ0v) is 16.2. The first-order valence-electron chi connectivity index (χ1n) is 8.95. The first kappa shape index (κ1) is 20.1. The number of ether oxygens (including phenoxy) is 2. The number of amides is 1. The Morgan fingerprint density at radius 2 is 1.90 bits per heavy atom. The number of phenolic OH excluding ortho intramolecular Hbond substituents is 1. The van der Waals surface area contributed by atoms with Gasteiger partial charge in [-0.2, -0.15) is 0 Å². The lowest BCUT2D eigenvalue weighted by molar-refractivity contribution is -0.136. The van der Waals surface area contributed by atoms with E-state index in [0.29, 0.717) is 23.6 Å². The van der Waals surface area contributed by atoms with Crippen molar-refractivity contribution in [3.05, 3.63) is 70.7 Å². The molecule has 0 radical (unpaired) electrons. The van der Waals surface area contributed by atoms with E-state index in [1.807, 2.05) is 0 Å². The van der Waals surface area contributed by atoms with Crippen LogP contribution in [-0.4, -0.2) is 30.7 Å². The van der Waals surface area contributed by atoms with Crippen LogP contribution in [0.1, 0.15) is 19.4 Å². The van der Waals surface area contributed by atoms with Gasteiger partial charge in [-0.25, -0.2) is 9.18 Å². The summed E-state index contributed by atoms with van der Waals surface area (Å²) in [6, 6.07) is 10.2. The lowest BCUT2D eigenvalue weighted by Crippen LogP contribution is -2.24. The highest BCUT2D eigenvalue weighted by Gasteiger charge is 2.38. The lowest BCUT2D eigenvalue weighted by Gasteiger charge is -2.17. The number of hydrogen-bond acceptors (Lipinski definition) is 5. The van der Waals surface area contributed by atoms with E-state index in [1.54, 1.807) is 32.0 Å². The number of anilines is 1. The van der Waals surface area contributed by atoms with Crippen molar-refractivity contribution in [2.45, 2.75) is 13.8 Å². The third-order valence-electron chi connectivity index (χ3n) is 4.50. The maximum Gasteiger partial charge on any atom is 0.340 e. The first-order valence-corrected chi connectivity index (χ1v) is 8.95. The van der Waals surface area contributed by atoms with E-state index in [1.165, 1.54) is 42.4 Å². The average Bonchev–Trinajstić information content (AvgIpc) is 2.95. The number of para-hydroxylation sites is 1. The van der Waals surface area contributed by atoms with Crippen molar-refractivity contribution in [1.29, 1.82) is 0 Å². The number of carbonyl (C=O) groups is 2. The molecule has 0 aliphatic carbocycles. The third kappa shape index (κ3) is 3.71. The quantitative estimate of drug-likeness (QED) is 0.613. The molecule has 0 aromatic heterocycles. The van der Waals surface area contributed by atoms with Crippen molar-refractivity contribution < 1.29 is 28.6 Å². The van der Waals surface area contributed by atoms with Crippen LogP contribution in [0.3, 0.4) is 0 Å². The van der Waals surface area contributed by atoms with Crippen molar-refractivity contribution >= 4 is 23.6 Å². The van der Waals surface area contributed by atoms with E-state index < -0.39 is 17.7 Å². The Morgan fingerprint density at radius 3 is 2.52 bits per heavy atom. The number of hydrogen-bond donors (Lipinski definition) is 1. The van der Waals surface area contributed by atoms with Crippen molar-refractivity contribution in [3.63, 3.8) is 0 Å². The normalized spacial score (nSPS) is 15.2. The summed E-state index contributed by atoms with van der Waals surface area (Å²) in [4.78, 5) is 26.9. The maximum absolute atomic E-state index is 13.3. The molecule has 0 saturated carbocycles. The summed E-state index contributed by atoms with van der Waals surface area (Å²) in [5.41, 5.74) is 1.20. The Balaban J connectivity index is 2.14. The van der Waals surface area contributed by atoms with Gasteiger partial charge in [-0.3, -0.25) is 9.69 Å². The fourth-order valence-electron chi connectivity index (χ4n) is 3.16. The molecular weight excluding hydrogens is 377 g/mol. The minimum absolute atomic E-state index is 0.0580. The zero-order valence-electron chi connectivity index (χ0n) is 16.2. The molecule has 0 spiro atoms.